The van der Waals surface area contributed by atoms with Crippen LogP contribution in [0.15, 0.2) is 53.5 Å². The molecule has 0 amide bonds. The van der Waals surface area contributed by atoms with Crippen molar-refractivity contribution in [3.05, 3.63) is 76.2 Å². The van der Waals surface area contributed by atoms with Gasteiger partial charge in [-0.15, -0.1) is 6.42 Å². The molecule has 1 atom stereocenters. The Balaban J connectivity index is 2.16. The summed E-state index contributed by atoms with van der Waals surface area (Å²) in [5.74, 6) is 0.817. The van der Waals surface area contributed by atoms with E-state index in [0.29, 0.717) is 22.9 Å². The van der Waals surface area contributed by atoms with Crippen LogP contribution in [0.1, 0.15) is 5.56 Å². The highest BCUT2D eigenvalue weighted by Gasteiger charge is 2.15. The first-order valence-corrected chi connectivity index (χ1v) is 9.89. The van der Waals surface area contributed by atoms with Crippen molar-refractivity contribution >= 4 is 17.0 Å². The lowest BCUT2D eigenvalue weighted by Gasteiger charge is -2.15. The van der Waals surface area contributed by atoms with Crippen molar-refractivity contribution in [3.63, 3.8) is 0 Å². The highest BCUT2D eigenvalue weighted by atomic mass is 32.2. The second kappa shape index (κ2) is 8.39. The molecule has 1 N–H and O–H groups in total. The highest BCUT2D eigenvalue weighted by Crippen LogP contribution is 2.36. The van der Waals surface area contributed by atoms with Gasteiger partial charge in [0, 0.05) is 30.4 Å². The van der Waals surface area contributed by atoms with Gasteiger partial charge in [-0.2, -0.15) is 0 Å². The molecule has 0 spiro atoms. The fourth-order valence-corrected chi connectivity index (χ4v) is 3.17. The van der Waals surface area contributed by atoms with Gasteiger partial charge in [-0.3, -0.25) is 4.79 Å². The predicted octanol–water partition coefficient (Wildman–Crippen LogP) is 3.81. The average molecular weight is 414 g/mol. The van der Waals surface area contributed by atoms with E-state index in [0.717, 1.165) is 6.07 Å². The van der Waals surface area contributed by atoms with Gasteiger partial charge in [0.05, 0.1) is 22.6 Å². The van der Waals surface area contributed by atoms with Crippen LogP contribution >= 0.6 is 0 Å². The molecule has 3 rings (SSSR count). The summed E-state index contributed by atoms with van der Waals surface area (Å²) < 4.78 is 48.5. The number of rotatable bonds is 5. The molecule has 148 valence electrons. The van der Waals surface area contributed by atoms with Gasteiger partial charge in [0.2, 0.25) is 0 Å². The molecule has 2 aromatic carbocycles. The normalized spacial score (nSPS) is 11.6. The lowest BCUT2D eigenvalue weighted by molar-refractivity contribution is 0.439. The monoisotopic (exact) mass is 414 g/mol. The maximum Gasteiger partial charge on any atom is 0.266 e. The summed E-state index contributed by atoms with van der Waals surface area (Å²) in [4.78, 5) is 12.1. The Hall–Kier alpha value is -3.28. The molecule has 0 bridgehead atoms. The maximum atomic E-state index is 14.1. The SMILES string of the molecule is C#Cc1cc(-c2cc(N[S+](C)[O-])ccc2Oc2ccc(F)cc2F)cn(C)c1=O. The topological polar surface area (TPSA) is 66.3 Å². The molecule has 29 heavy (non-hydrogen) atoms. The van der Waals surface area contributed by atoms with Crippen LogP contribution in [-0.4, -0.2) is 15.4 Å². The number of anilines is 1. The summed E-state index contributed by atoms with van der Waals surface area (Å²) in [6.45, 7) is 0. The molecule has 0 saturated heterocycles. The van der Waals surface area contributed by atoms with Crippen LogP contribution in [0, 0.1) is 24.0 Å². The maximum absolute atomic E-state index is 14.1. The summed E-state index contributed by atoms with van der Waals surface area (Å²) in [5.41, 5.74) is 1.32. The van der Waals surface area contributed by atoms with Crippen molar-refractivity contribution in [1.29, 1.82) is 0 Å². The summed E-state index contributed by atoms with van der Waals surface area (Å²) in [5, 5.41) is 0. The summed E-state index contributed by atoms with van der Waals surface area (Å²) in [6.07, 6.45) is 8.45. The van der Waals surface area contributed by atoms with Crippen LogP contribution in [0.4, 0.5) is 14.5 Å². The largest absolute Gasteiger partial charge is 0.593 e. The van der Waals surface area contributed by atoms with E-state index in [1.54, 1.807) is 31.4 Å². The Kier molecular flexibility index (Phi) is 5.92. The van der Waals surface area contributed by atoms with E-state index in [4.69, 9.17) is 11.2 Å². The number of hydrogen-bond donors (Lipinski definition) is 1. The first-order valence-electron chi connectivity index (χ1n) is 8.33. The zero-order valence-electron chi connectivity index (χ0n) is 15.5. The average Bonchev–Trinajstić information content (AvgIpc) is 2.66. The van der Waals surface area contributed by atoms with Crippen LogP contribution in [0.5, 0.6) is 11.5 Å². The summed E-state index contributed by atoms with van der Waals surface area (Å²) in [7, 11) is 1.55. The van der Waals surface area contributed by atoms with Crippen LogP contribution in [0.25, 0.3) is 11.1 Å². The number of aromatic nitrogens is 1. The third-order valence-corrected chi connectivity index (χ3v) is 4.53. The Morgan fingerprint density at radius 1 is 1.17 bits per heavy atom. The summed E-state index contributed by atoms with van der Waals surface area (Å²) >= 11 is -1.33. The van der Waals surface area contributed by atoms with Gasteiger partial charge in [0.1, 0.15) is 17.8 Å². The molecule has 1 heterocycles. The van der Waals surface area contributed by atoms with Crippen molar-refractivity contribution in [2.45, 2.75) is 0 Å². The number of nitrogens with one attached hydrogen (secondary N) is 1. The van der Waals surface area contributed by atoms with E-state index in [9.17, 15) is 18.1 Å². The molecular weight excluding hydrogens is 398 g/mol. The number of halogens is 2. The molecule has 0 fully saturated rings. The van der Waals surface area contributed by atoms with E-state index in [1.807, 2.05) is 0 Å². The Morgan fingerprint density at radius 3 is 2.55 bits per heavy atom. The van der Waals surface area contributed by atoms with Crippen LogP contribution < -0.4 is 15.0 Å². The first-order chi connectivity index (χ1) is 13.8. The number of terminal acetylenes is 1. The van der Waals surface area contributed by atoms with E-state index in [1.165, 1.54) is 23.0 Å². The Bertz CT molecular complexity index is 1170. The van der Waals surface area contributed by atoms with Crippen molar-refractivity contribution in [3.8, 4) is 35.0 Å². The number of ether oxygens (including phenoxy) is 1. The van der Waals surface area contributed by atoms with E-state index >= 15 is 0 Å². The zero-order valence-corrected chi connectivity index (χ0v) is 16.3. The number of aryl methyl sites for hydroxylation is 1. The van der Waals surface area contributed by atoms with Crippen molar-refractivity contribution < 1.29 is 18.1 Å². The summed E-state index contributed by atoms with van der Waals surface area (Å²) in [6, 6.07) is 9.27. The van der Waals surface area contributed by atoms with Gasteiger partial charge in [0.25, 0.3) is 5.56 Å². The predicted molar refractivity (Wildman–Crippen MR) is 109 cm³/mol. The molecule has 0 aliphatic carbocycles. The van der Waals surface area contributed by atoms with Gasteiger partial charge in [0.15, 0.2) is 11.6 Å². The molecule has 0 aliphatic heterocycles. The highest BCUT2D eigenvalue weighted by molar-refractivity contribution is 7.92. The number of hydrogen-bond acceptors (Lipinski definition) is 4. The lowest BCUT2D eigenvalue weighted by Crippen LogP contribution is -2.19. The fraction of sp³-hybridized carbons (Fsp3) is 0.0952. The third kappa shape index (κ3) is 4.59. The minimum atomic E-state index is -1.33. The second-order valence-electron chi connectivity index (χ2n) is 6.15. The first kappa shape index (κ1) is 20.5. The van der Waals surface area contributed by atoms with Gasteiger partial charge >= 0.3 is 0 Å². The molecule has 0 saturated carbocycles. The van der Waals surface area contributed by atoms with Crippen LogP contribution in [0.3, 0.4) is 0 Å². The van der Waals surface area contributed by atoms with E-state index in [-0.39, 0.29) is 22.6 Å². The van der Waals surface area contributed by atoms with Crippen molar-refractivity contribution in [1.82, 2.24) is 4.57 Å². The van der Waals surface area contributed by atoms with Gasteiger partial charge < -0.3 is 13.9 Å². The number of benzene rings is 2. The second-order valence-corrected chi connectivity index (χ2v) is 7.26. The fourth-order valence-electron chi connectivity index (χ4n) is 2.71. The van der Waals surface area contributed by atoms with E-state index < -0.39 is 23.0 Å². The quantitative estimate of drug-likeness (QED) is 0.509. The molecule has 1 aromatic heterocycles. The molecule has 8 heteroatoms. The molecule has 0 aliphatic rings. The van der Waals surface area contributed by atoms with Crippen LogP contribution in [0.2, 0.25) is 0 Å². The minimum absolute atomic E-state index is 0.140. The number of nitrogens with zero attached hydrogens (tertiary/aromatic N) is 1. The Morgan fingerprint density at radius 2 is 1.90 bits per heavy atom. The van der Waals surface area contributed by atoms with Crippen molar-refractivity contribution in [2.24, 2.45) is 7.05 Å². The standard InChI is InChI=1S/C21H16F2N2O3S/c1-4-13-9-14(12-25(2)21(13)26)17-11-16(24-29(3)27)6-8-19(17)28-20-7-5-15(22)10-18(20)23/h1,5-12,24H,2-3H3. The van der Waals surface area contributed by atoms with Gasteiger partial charge in [-0.05, 0) is 36.4 Å². The smallest absolute Gasteiger partial charge is 0.266 e. The molecular formula is C21H16F2N2O3S. The molecule has 5 nitrogen and oxygen atoms in total. The van der Waals surface area contributed by atoms with Gasteiger partial charge in [-0.1, -0.05) is 5.92 Å². The molecule has 3 aromatic rings. The lowest BCUT2D eigenvalue weighted by atomic mass is 10.0. The minimum Gasteiger partial charge on any atom is -0.593 e. The number of pyridine rings is 1. The zero-order chi connectivity index (χ0) is 21.1. The van der Waals surface area contributed by atoms with Crippen molar-refractivity contribution in [2.75, 3.05) is 11.0 Å². The molecule has 0 radical (unpaired) electrons. The molecule has 1 unspecified atom stereocenters. The third-order valence-electron chi connectivity index (χ3n) is 4.00. The van der Waals surface area contributed by atoms with Gasteiger partial charge in [-0.25, -0.2) is 13.5 Å². The van der Waals surface area contributed by atoms with E-state index in [2.05, 4.69) is 10.6 Å². The Labute approximate surface area is 169 Å². The van der Waals surface area contributed by atoms with Crippen LogP contribution in [-0.2, 0) is 18.4 Å².